The van der Waals surface area contributed by atoms with Gasteiger partial charge < -0.3 is 5.11 Å². The number of halogens is 4. The van der Waals surface area contributed by atoms with Crippen LogP contribution in [0.25, 0.3) is 0 Å². The van der Waals surface area contributed by atoms with Crippen molar-refractivity contribution in [3.05, 3.63) is 24.3 Å². The van der Waals surface area contributed by atoms with Crippen molar-refractivity contribution in [1.29, 1.82) is 0 Å². The van der Waals surface area contributed by atoms with Crippen LogP contribution in [0.3, 0.4) is 0 Å². The molecule has 7 heteroatoms. The van der Waals surface area contributed by atoms with Crippen LogP contribution < -0.4 is 0 Å². The third-order valence-electron chi connectivity index (χ3n) is 2.36. The molecule has 0 saturated heterocycles. The third kappa shape index (κ3) is 3.73. The van der Waals surface area contributed by atoms with E-state index in [0.717, 1.165) is 13.8 Å². The Morgan fingerprint density at radius 2 is 1.53 bits per heavy atom. The first-order valence-electron chi connectivity index (χ1n) is 5.16. The molecule has 0 spiro atoms. The van der Waals surface area contributed by atoms with Crippen molar-refractivity contribution >= 4 is 11.6 Å². The van der Waals surface area contributed by atoms with E-state index in [1.54, 1.807) is 0 Å². The summed E-state index contributed by atoms with van der Waals surface area (Å²) in [7, 11) is 0. The first-order valence-corrected chi connectivity index (χ1v) is 5.16. The van der Waals surface area contributed by atoms with Gasteiger partial charge in [-0.2, -0.15) is 17.6 Å². The highest BCUT2D eigenvalue weighted by molar-refractivity contribution is 5.98. The zero-order valence-corrected chi connectivity index (χ0v) is 10.5. The van der Waals surface area contributed by atoms with Crippen molar-refractivity contribution in [1.82, 2.24) is 0 Å². The van der Waals surface area contributed by atoms with Gasteiger partial charge in [-0.3, -0.25) is 9.59 Å². The van der Waals surface area contributed by atoms with Crippen LogP contribution in [-0.4, -0.2) is 34.6 Å². The van der Waals surface area contributed by atoms with Gasteiger partial charge in [-0.05, 0) is 25.0 Å². The number of rotatable bonds is 7. The molecule has 0 bridgehead atoms. The third-order valence-corrected chi connectivity index (χ3v) is 2.36. The van der Waals surface area contributed by atoms with Gasteiger partial charge in [0.2, 0.25) is 0 Å². The average molecular weight is 282 g/mol. The fourth-order valence-corrected chi connectivity index (χ4v) is 1.07. The lowest BCUT2D eigenvalue weighted by molar-refractivity contribution is -0.247. The number of hydrogen-bond donors (Lipinski definition) is 1. The van der Waals surface area contributed by atoms with E-state index in [2.05, 4.69) is 13.2 Å². The van der Waals surface area contributed by atoms with Gasteiger partial charge in [0.15, 0.2) is 17.7 Å². The van der Waals surface area contributed by atoms with Crippen LogP contribution in [0.1, 0.15) is 20.3 Å². The van der Waals surface area contributed by atoms with Crippen molar-refractivity contribution in [2.45, 2.75) is 38.2 Å². The molecule has 1 N–H and O–H groups in total. The highest BCUT2D eigenvalue weighted by atomic mass is 19.3. The van der Waals surface area contributed by atoms with Gasteiger partial charge in [0, 0.05) is 0 Å². The van der Waals surface area contributed by atoms with E-state index in [1.807, 2.05) is 0 Å². The average Bonchev–Trinajstić information content (AvgIpc) is 2.25. The Labute approximate surface area is 107 Å². The van der Waals surface area contributed by atoms with Gasteiger partial charge in [-0.25, -0.2) is 0 Å². The molecular formula is C12H14F4O3. The first-order chi connectivity index (χ1) is 8.34. The molecule has 0 aromatic heterocycles. The number of hydrogen-bond acceptors (Lipinski definition) is 3. The van der Waals surface area contributed by atoms with E-state index < -0.39 is 41.5 Å². The van der Waals surface area contributed by atoms with E-state index in [1.165, 1.54) is 0 Å². The molecule has 1 atom stereocenters. The predicted molar refractivity (Wildman–Crippen MR) is 60.2 cm³/mol. The maximum absolute atomic E-state index is 13.4. The Hall–Kier alpha value is -1.50. The maximum Gasteiger partial charge on any atom is 0.343 e. The van der Waals surface area contributed by atoms with Gasteiger partial charge in [0.1, 0.15) is 0 Å². The number of aliphatic hydroxyl groups excluding tert-OH is 1. The Balaban J connectivity index is 5.27. The summed E-state index contributed by atoms with van der Waals surface area (Å²) in [4.78, 5) is 22.1. The lowest BCUT2D eigenvalue weighted by Crippen LogP contribution is -2.54. The molecule has 0 fully saturated rings. The van der Waals surface area contributed by atoms with Gasteiger partial charge in [-0.15, -0.1) is 0 Å². The summed E-state index contributed by atoms with van der Waals surface area (Å²) in [6.07, 6.45) is -5.09. The van der Waals surface area contributed by atoms with E-state index in [4.69, 9.17) is 5.11 Å². The minimum absolute atomic E-state index is 0.323. The molecule has 108 valence electrons. The number of aliphatic hydroxyl groups is 1. The number of ketones is 2. The van der Waals surface area contributed by atoms with Crippen molar-refractivity contribution in [2.24, 2.45) is 0 Å². The zero-order chi connectivity index (χ0) is 15.6. The summed E-state index contributed by atoms with van der Waals surface area (Å²) >= 11 is 0. The van der Waals surface area contributed by atoms with E-state index >= 15 is 0 Å². The zero-order valence-electron chi connectivity index (χ0n) is 10.5. The molecule has 0 amide bonds. The topological polar surface area (TPSA) is 54.4 Å². The Kier molecular flexibility index (Phi) is 5.20. The normalized spacial score (nSPS) is 13.8. The molecule has 3 nitrogen and oxygen atoms in total. The van der Waals surface area contributed by atoms with Gasteiger partial charge in [0.05, 0.1) is 6.42 Å². The summed E-state index contributed by atoms with van der Waals surface area (Å²) in [5, 5.41) is 9.03. The number of carbonyl (C=O) groups is 2. The Bertz CT molecular complexity index is 427. The first kappa shape index (κ1) is 17.5. The van der Waals surface area contributed by atoms with Crippen LogP contribution in [0.15, 0.2) is 24.3 Å². The number of Topliss-reactive ketones (excluding diaryl/α,β-unsaturated/α-hetero) is 2. The largest absolute Gasteiger partial charge is 0.379 e. The quantitative estimate of drug-likeness (QED) is 0.576. The Morgan fingerprint density at radius 1 is 1.11 bits per heavy atom. The molecule has 0 aromatic rings. The molecule has 0 saturated carbocycles. The van der Waals surface area contributed by atoms with E-state index in [-0.39, 0.29) is 5.57 Å². The number of alkyl halides is 4. The fourth-order valence-electron chi connectivity index (χ4n) is 1.07. The van der Waals surface area contributed by atoms with E-state index in [9.17, 15) is 27.2 Å². The molecule has 0 rings (SSSR count). The summed E-state index contributed by atoms with van der Waals surface area (Å²) in [6, 6.07) is 0. The van der Waals surface area contributed by atoms with Crippen LogP contribution in [0.2, 0.25) is 0 Å². The van der Waals surface area contributed by atoms with Gasteiger partial charge >= 0.3 is 11.8 Å². The molecule has 0 aliphatic heterocycles. The predicted octanol–water partition coefficient (Wildman–Crippen LogP) is 2.30. The summed E-state index contributed by atoms with van der Waals surface area (Å²) < 4.78 is 53.4. The lowest BCUT2D eigenvalue weighted by atomic mass is 9.94. The molecular weight excluding hydrogens is 268 g/mol. The van der Waals surface area contributed by atoms with Crippen LogP contribution in [0.5, 0.6) is 0 Å². The summed E-state index contributed by atoms with van der Waals surface area (Å²) in [5.74, 6) is -12.8. The fraction of sp³-hybridized carbons (Fsp3) is 0.500. The highest BCUT2D eigenvalue weighted by Gasteiger charge is 2.63. The molecule has 0 aromatic carbocycles. The number of allylic oxidation sites excluding steroid dienone is 1. The van der Waals surface area contributed by atoms with Gasteiger partial charge in [-0.1, -0.05) is 13.2 Å². The molecule has 0 aliphatic rings. The van der Waals surface area contributed by atoms with Crippen molar-refractivity contribution in [2.75, 3.05) is 0 Å². The molecule has 0 heterocycles. The van der Waals surface area contributed by atoms with Crippen LogP contribution in [-0.2, 0) is 9.59 Å². The standard InChI is InChI=1S/C12H14F4O3/c1-6(2)8(17)5-11(13,14)12(15,16)10(19)9(18)7(3)4/h10,19H,1,3,5H2,2,4H3. The second-order valence-corrected chi connectivity index (χ2v) is 4.25. The highest BCUT2D eigenvalue weighted by Crippen LogP contribution is 2.40. The minimum atomic E-state index is -5.08. The second-order valence-electron chi connectivity index (χ2n) is 4.25. The molecule has 0 aliphatic carbocycles. The molecule has 0 radical (unpaired) electrons. The molecule has 19 heavy (non-hydrogen) atoms. The second kappa shape index (κ2) is 5.64. The summed E-state index contributed by atoms with van der Waals surface area (Å²) in [6.45, 7) is 8.14. The van der Waals surface area contributed by atoms with Crippen molar-refractivity contribution in [3.8, 4) is 0 Å². The van der Waals surface area contributed by atoms with E-state index in [0.29, 0.717) is 0 Å². The minimum Gasteiger partial charge on any atom is -0.379 e. The van der Waals surface area contributed by atoms with Gasteiger partial charge in [0.25, 0.3) is 0 Å². The van der Waals surface area contributed by atoms with Crippen LogP contribution in [0, 0.1) is 0 Å². The number of carbonyl (C=O) groups excluding carboxylic acids is 2. The van der Waals surface area contributed by atoms with Crippen LogP contribution >= 0.6 is 0 Å². The molecule has 1 unspecified atom stereocenters. The smallest absolute Gasteiger partial charge is 0.343 e. The summed E-state index contributed by atoms with van der Waals surface area (Å²) in [5.41, 5.74) is -0.814. The maximum atomic E-state index is 13.4. The lowest BCUT2D eigenvalue weighted by Gasteiger charge is -2.29. The monoisotopic (exact) mass is 282 g/mol. The Morgan fingerprint density at radius 3 is 1.84 bits per heavy atom. The SMILES string of the molecule is C=C(C)C(=O)CC(F)(F)C(F)(F)C(O)C(=O)C(=C)C. The van der Waals surface area contributed by atoms with Crippen molar-refractivity contribution in [3.63, 3.8) is 0 Å². The van der Waals surface area contributed by atoms with Crippen LogP contribution in [0.4, 0.5) is 17.6 Å². The van der Waals surface area contributed by atoms with Crippen molar-refractivity contribution < 1.29 is 32.3 Å².